The van der Waals surface area contributed by atoms with Crippen LogP contribution in [-0.2, 0) is 19.0 Å². The summed E-state index contributed by atoms with van der Waals surface area (Å²) in [4.78, 5) is 10.6. The molecule has 2 fully saturated rings. The summed E-state index contributed by atoms with van der Waals surface area (Å²) in [5.74, 6) is -0.444. The molecule has 2 unspecified atom stereocenters. The number of aliphatic hydroxyl groups excluding tert-OH is 1. The Labute approximate surface area is 158 Å². The van der Waals surface area contributed by atoms with Gasteiger partial charge in [0.2, 0.25) is 0 Å². The van der Waals surface area contributed by atoms with Crippen molar-refractivity contribution in [2.45, 2.75) is 77.6 Å². The third kappa shape index (κ3) is 5.62. The van der Waals surface area contributed by atoms with Crippen molar-refractivity contribution in [3.63, 3.8) is 0 Å². The molecular weight excluding hydrogens is 332 g/mol. The summed E-state index contributed by atoms with van der Waals surface area (Å²) in [6, 6.07) is 0. The average molecular weight is 369 g/mol. The first-order valence-electron chi connectivity index (χ1n) is 10.0. The Morgan fingerprint density at radius 2 is 1.96 bits per heavy atom. The van der Waals surface area contributed by atoms with Crippen molar-refractivity contribution >= 4 is 6.29 Å². The van der Waals surface area contributed by atoms with Crippen molar-refractivity contribution in [1.29, 1.82) is 0 Å². The summed E-state index contributed by atoms with van der Waals surface area (Å²) in [5.41, 5.74) is -0.363. The first kappa shape index (κ1) is 21.5. The number of allylic oxidation sites excluding steroid dienone is 1. The number of hydrogen-bond acceptors (Lipinski definition) is 5. The van der Waals surface area contributed by atoms with Gasteiger partial charge in [-0.25, -0.2) is 0 Å². The highest BCUT2D eigenvalue weighted by molar-refractivity contribution is 5.48. The number of unbranched alkanes of at least 4 members (excludes halogenated alkanes) is 2. The zero-order chi connectivity index (χ0) is 19.1. The number of carbonyl (C=O) groups excluding carboxylic acids is 1. The number of aldehydes is 1. The Morgan fingerprint density at radius 3 is 2.62 bits per heavy atom. The van der Waals surface area contributed by atoms with Crippen LogP contribution >= 0.6 is 0 Å². The Balaban J connectivity index is 2.05. The van der Waals surface area contributed by atoms with Crippen LogP contribution in [0.5, 0.6) is 0 Å². The van der Waals surface area contributed by atoms with E-state index in [0.717, 1.165) is 44.8 Å². The fourth-order valence-corrected chi connectivity index (χ4v) is 4.05. The van der Waals surface area contributed by atoms with E-state index >= 15 is 0 Å². The van der Waals surface area contributed by atoms with Gasteiger partial charge in [0, 0.05) is 31.3 Å². The SMILES string of the molecule is CCOCC(C)(C)C(O)C=CC1(CCCCC=O)CCC2(C1)OCCO2. The molecule has 0 amide bonds. The lowest BCUT2D eigenvalue weighted by atomic mass is 9.78. The smallest absolute Gasteiger partial charge is 0.169 e. The summed E-state index contributed by atoms with van der Waals surface area (Å²) in [7, 11) is 0. The normalized spacial score (nSPS) is 26.8. The summed E-state index contributed by atoms with van der Waals surface area (Å²) in [5, 5.41) is 10.7. The molecule has 5 nitrogen and oxygen atoms in total. The van der Waals surface area contributed by atoms with Crippen molar-refractivity contribution in [1.82, 2.24) is 0 Å². The molecule has 0 aromatic carbocycles. The van der Waals surface area contributed by atoms with Gasteiger partial charge in [-0.15, -0.1) is 0 Å². The molecule has 0 bridgehead atoms. The maximum absolute atomic E-state index is 10.7. The molecule has 1 spiro atoms. The van der Waals surface area contributed by atoms with Gasteiger partial charge in [-0.2, -0.15) is 0 Å². The highest BCUT2D eigenvalue weighted by atomic mass is 16.7. The molecule has 26 heavy (non-hydrogen) atoms. The van der Waals surface area contributed by atoms with E-state index in [1.54, 1.807) is 0 Å². The molecule has 0 aromatic heterocycles. The van der Waals surface area contributed by atoms with Crippen LogP contribution in [0.4, 0.5) is 0 Å². The molecule has 1 saturated carbocycles. The number of aliphatic hydroxyl groups is 1. The van der Waals surface area contributed by atoms with E-state index in [0.29, 0.717) is 32.8 Å². The van der Waals surface area contributed by atoms with E-state index in [1.165, 1.54) is 0 Å². The summed E-state index contributed by atoms with van der Waals surface area (Å²) in [6.45, 7) is 8.51. The monoisotopic (exact) mass is 368 g/mol. The maximum atomic E-state index is 10.7. The number of rotatable bonds is 11. The largest absolute Gasteiger partial charge is 0.388 e. The summed E-state index contributed by atoms with van der Waals surface area (Å²) in [6.07, 6.45) is 10.8. The fraction of sp³-hybridized carbons (Fsp3) is 0.857. The Morgan fingerprint density at radius 1 is 1.23 bits per heavy atom. The molecule has 1 heterocycles. The van der Waals surface area contributed by atoms with Crippen LogP contribution in [0.25, 0.3) is 0 Å². The predicted molar refractivity (Wildman–Crippen MR) is 101 cm³/mol. The maximum Gasteiger partial charge on any atom is 0.169 e. The van der Waals surface area contributed by atoms with Crippen LogP contribution in [-0.4, -0.2) is 49.7 Å². The van der Waals surface area contributed by atoms with Crippen molar-refractivity contribution in [2.24, 2.45) is 10.8 Å². The quantitative estimate of drug-likeness (QED) is 0.343. The molecule has 1 aliphatic carbocycles. The van der Waals surface area contributed by atoms with Gasteiger partial charge < -0.3 is 24.1 Å². The van der Waals surface area contributed by atoms with Gasteiger partial charge in [0.25, 0.3) is 0 Å². The van der Waals surface area contributed by atoms with Gasteiger partial charge in [-0.05, 0) is 31.6 Å². The second-order valence-electron chi connectivity index (χ2n) is 8.49. The van der Waals surface area contributed by atoms with Gasteiger partial charge in [0.1, 0.15) is 6.29 Å². The van der Waals surface area contributed by atoms with Gasteiger partial charge in [0.05, 0.1) is 25.9 Å². The van der Waals surface area contributed by atoms with Crippen molar-refractivity contribution in [3.05, 3.63) is 12.2 Å². The number of carbonyl (C=O) groups is 1. The van der Waals surface area contributed by atoms with Gasteiger partial charge in [-0.3, -0.25) is 0 Å². The molecule has 0 aromatic rings. The molecule has 2 atom stereocenters. The summed E-state index contributed by atoms with van der Waals surface area (Å²) < 4.78 is 17.4. The first-order valence-corrected chi connectivity index (χ1v) is 10.0. The third-order valence-corrected chi connectivity index (χ3v) is 5.80. The zero-order valence-corrected chi connectivity index (χ0v) is 16.7. The van der Waals surface area contributed by atoms with E-state index in [-0.39, 0.29) is 10.8 Å². The molecule has 150 valence electrons. The van der Waals surface area contributed by atoms with Crippen LogP contribution in [0.2, 0.25) is 0 Å². The Hall–Kier alpha value is -0.750. The summed E-state index contributed by atoms with van der Waals surface area (Å²) >= 11 is 0. The van der Waals surface area contributed by atoms with Gasteiger partial charge in [0.15, 0.2) is 5.79 Å². The molecule has 2 aliphatic rings. The molecule has 2 rings (SSSR count). The standard InChI is InChI=1S/C21H36O5/c1-4-24-17-19(2,3)18(23)8-10-20(9-6-5-7-13-22)11-12-21(16-20)25-14-15-26-21/h8,10,13,18,23H,4-7,9,11-12,14-17H2,1-3H3. The minimum Gasteiger partial charge on any atom is -0.388 e. The van der Waals surface area contributed by atoms with Crippen molar-refractivity contribution in [3.8, 4) is 0 Å². The van der Waals surface area contributed by atoms with E-state index in [2.05, 4.69) is 6.08 Å². The second-order valence-corrected chi connectivity index (χ2v) is 8.49. The first-order chi connectivity index (χ1) is 12.4. The molecule has 1 N–H and O–H groups in total. The molecule has 1 aliphatic heterocycles. The van der Waals surface area contributed by atoms with Crippen LogP contribution < -0.4 is 0 Å². The minimum atomic E-state index is -0.567. The Kier molecular flexibility index (Phi) is 7.83. The van der Waals surface area contributed by atoms with E-state index < -0.39 is 11.9 Å². The topological polar surface area (TPSA) is 65.0 Å². The highest BCUT2D eigenvalue weighted by Crippen LogP contribution is 2.52. The average Bonchev–Trinajstić information content (AvgIpc) is 3.23. The fourth-order valence-electron chi connectivity index (χ4n) is 4.05. The van der Waals surface area contributed by atoms with E-state index in [1.807, 2.05) is 26.8 Å². The van der Waals surface area contributed by atoms with Crippen LogP contribution in [0.15, 0.2) is 12.2 Å². The molecular formula is C21H36O5. The molecule has 5 heteroatoms. The Bertz CT molecular complexity index is 467. The van der Waals surface area contributed by atoms with Crippen LogP contribution in [0.3, 0.4) is 0 Å². The van der Waals surface area contributed by atoms with Crippen molar-refractivity contribution in [2.75, 3.05) is 26.4 Å². The minimum absolute atomic E-state index is 0.0318. The van der Waals surface area contributed by atoms with E-state index in [9.17, 15) is 9.90 Å². The predicted octanol–water partition coefficient (Wildman–Crippen LogP) is 3.64. The molecule has 0 radical (unpaired) electrons. The lowest BCUT2D eigenvalue weighted by molar-refractivity contribution is -0.155. The number of ether oxygens (including phenoxy) is 3. The third-order valence-electron chi connectivity index (χ3n) is 5.80. The van der Waals surface area contributed by atoms with Crippen molar-refractivity contribution < 1.29 is 24.1 Å². The second kappa shape index (κ2) is 9.45. The lowest BCUT2D eigenvalue weighted by Crippen LogP contribution is -2.33. The van der Waals surface area contributed by atoms with E-state index in [4.69, 9.17) is 14.2 Å². The van der Waals surface area contributed by atoms with Gasteiger partial charge in [-0.1, -0.05) is 32.4 Å². The van der Waals surface area contributed by atoms with Crippen LogP contribution in [0, 0.1) is 10.8 Å². The lowest BCUT2D eigenvalue weighted by Gasteiger charge is -2.31. The van der Waals surface area contributed by atoms with Crippen LogP contribution in [0.1, 0.15) is 65.7 Å². The number of hydrogen-bond donors (Lipinski definition) is 1. The molecule has 1 saturated heterocycles. The highest BCUT2D eigenvalue weighted by Gasteiger charge is 2.50. The zero-order valence-electron chi connectivity index (χ0n) is 16.7. The van der Waals surface area contributed by atoms with Gasteiger partial charge >= 0.3 is 0 Å².